The second kappa shape index (κ2) is 5.64. The summed E-state index contributed by atoms with van der Waals surface area (Å²) in [7, 11) is 0. The number of rotatable bonds is 3. The number of nitrogens with zero attached hydrogens (tertiary/aromatic N) is 1. The van der Waals surface area contributed by atoms with Crippen LogP contribution in [-0.4, -0.2) is 35.7 Å². The Morgan fingerprint density at radius 1 is 1.25 bits per heavy atom. The lowest BCUT2D eigenvalue weighted by molar-refractivity contribution is -0.158. The molecule has 4 heteroatoms. The number of hydrogen-bond acceptors (Lipinski definition) is 4. The van der Waals surface area contributed by atoms with E-state index in [1.165, 1.54) is 19.3 Å². The van der Waals surface area contributed by atoms with Gasteiger partial charge in [0, 0.05) is 13.1 Å². The molecule has 1 rings (SSSR count). The van der Waals surface area contributed by atoms with Crippen molar-refractivity contribution in [1.29, 1.82) is 0 Å². The lowest BCUT2D eigenvalue weighted by Gasteiger charge is -2.30. The Bertz CT molecular complexity index is 230. The number of esters is 1. The fraction of sp³-hybridized carbons (Fsp3) is 0.917. The van der Waals surface area contributed by atoms with Crippen LogP contribution in [-0.2, 0) is 9.53 Å². The van der Waals surface area contributed by atoms with Crippen LogP contribution in [0.1, 0.15) is 47.0 Å². The number of piperidine rings is 1. The zero-order chi connectivity index (χ0) is 12.2. The normalized spacial score (nSPS) is 20.5. The summed E-state index contributed by atoms with van der Waals surface area (Å²) in [5.74, 6) is -0.182. The molecule has 16 heavy (non-hydrogen) atoms. The van der Waals surface area contributed by atoms with Crippen LogP contribution < -0.4 is 5.43 Å². The molecule has 0 amide bonds. The molecule has 1 saturated heterocycles. The highest BCUT2D eigenvalue weighted by molar-refractivity contribution is 5.75. The first-order valence-corrected chi connectivity index (χ1v) is 6.12. The summed E-state index contributed by atoms with van der Waals surface area (Å²) in [6, 6.07) is -0.266. The van der Waals surface area contributed by atoms with E-state index in [9.17, 15) is 4.79 Å². The van der Waals surface area contributed by atoms with E-state index in [0.29, 0.717) is 0 Å². The molecule has 0 spiro atoms. The third-order valence-electron chi connectivity index (χ3n) is 2.49. The molecule has 1 heterocycles. The summed E-state index contributed by atoms with van der Waals surface area (Å²) in [5.41, 5.74) is 2.79. The number of carbonyl (C=O) groups excluding carboxylic acids is 1. The predicted octanol–water partition coefficient (Wildman–Crippen LogP) is 1.71. The first-order chi connectivity index (χ1) is 7.38. The molecule has 94 valence electrons. The minimum Gasteiger partial charge on any atom is -0.459 e. The van der Waals surface area contributed by atoms with Crippen molar-refractivity contribution < 1.29 is 9.53 Å². The molecule has 1 atom stereocenters. The van der Waals surface area contributed by atoms with E-state index in [4.69, 9.17) is 4.74 Å². The average molecular weight is 228 g/mol. The molecule has 0 aromatic heterocycles. The van der Waals surface area contributed by atoms with Crippen LogP contribution in [0.25, 0.3) is 0 Å². The maximum atomic E-state index is 11.7. The lowest BCUT2D eigenvalue weighted by atomic mass is 10.1. The highest BCUT2D eigenvalue weighted by Crippen LogP contribution is 2.10. The summed E-state index contributed by atoms with van der Waals surface area (Å²) in [5, 5.41) is 2.12. The van der Waals surface area contributed by atoms with Crippen LogP contribution in [0.4, 0.5) is 0 Å². The third-order valence-corrected chi connectivity index (χ3v) is 2.49. The maximum absolute atomic E-state index is 11.7. The van der Waals surface area contributed by atoms with Crippen molar-refractivity contribution in [3.63, 3.8) is 0 Å². The topological polar surface area (TPSA) is 41.6 Å². The quantitative estimate of drug-likeness (QED) is 0.747. The molecule has 1 aliphatic heterocycles. The highest BCUT2D eigenvalue weighted by atomic mass is 16.6. The zero-order valence-corrected chi connectivity index (χ0v) is 10.9. The van der Waals surface area contributed by atoms with Gasteiger partial charge in [-0.1, -0.05) is 6.42 Å². The Morgan fingerprint density at radius 3 is 2.31 bits per heavy atom. The van der Waals surface area contributed by atoms with E-state index in [-0.39, 0.29) is 12.0 Å². The SMILES string of the molecule is CC(NN1CCCCC1)C(=O)OC(C)(C)C. The van der Waals surface area contributed by atoms with E-state index in [2.05, 4.69) is 10.4 Å². The van der Waals surface area contributed by atoms with Crippen molar-refractivity contribution in [2.75, 3.05) is 13.1 Å². The molecule has 0 aliphatic carbocycles. The Balaban J connectivity index is 2.33. The van der Waals surface area contributed by atoms with Gasteiger partial charge in [0.2, 0.25) is 0 Å². The second-order valence-electron chi connectivity index (χ2n) is 5.43. The fourth-order valence-electron chi connectivity index (χ4n) is 1.74. The Hall–Kier alpha value is -0.610. The summed E-state index contributed by atoms with van der Waals surface area (Å²) in [4.78, 5) is 11.7. The average Bonchev–Trinajstić information content (AvgIpc) is 2.16. The third kappa shape index (κ3) is 4.94. The molecule has 4 nitrogen and oxygen atoms in total. The Kier molecular flexibility index (Phi) is 4.74. The monoisotopic (exact) mass is 228 g/mol. The molecular formula is C12H24N2O2. The van der Waals surface area contributed by atoms with E-state index in [1.807, 2.05) is 27.7 Å². The summed E-state index contributed by atoms with van der Waals surface area (Å²) < 4.78 is 5.31. The second-order valence-corrected chi connectivity index (χ2v) is 5.43. The van der Waals surface area contributed by atoms with Gasteiger partial charge in [-0.15, -0.1) is 0 Å². The molecule has 0 aromatic rings. The standard InChI is InChI=1S/C12H24N2O2/c1-10(11(15)16-12(2,3)4)13-14-8-6-5-7-9-14/h10,13H,5-9H2,1-4H3. The number of carbonyl (C=O) groups is 1. The van der Waals surface area contributed by atoms with Crippen LogP contribution in [0, 0.1) is 0 Å². The van der Waals surface area contributed by atoms with Gasteiger partial charge in [0.05, 0.1) is 0 Å². The van der Waals surface area contributed by atoms with E-state index < -0.39 is 5.60 Å². The summed E-state index contributed by atoms with van der Waals surface area (Å²) >= 11 is 0. The summed E-state index contributed by atoms with van der Waals surface area (Å²) in [6.07, 6.45) is 3.70. The highest BCUT2D eigenvalue weighted by Gasteiger charge is 2.23. The molecule has 0 bridgehead atoms. The first kappa shape index (κ1) is 13.5. The first-order valence-electron chi connectivity index (χ1n) is 6.12. The van der Waals surface area contributed by atoms with Gasteiger partial charge in [-0.05, 0) is 40.5 Å². The van der Waals surface area contributed by atoms with Crippen LogP contribution >= 0.6 is 0 Å². The van der Waals surface area contributed by atoms with Gasteiger partial charge in [0.1, 0.15) is 11.6 Å². The van der Waals surface area contributed by atoms with Gasteiger partial charge in [0.15, 0.2) is 0 Å². The Morgan fingerprint density at radius 2 is 1.81 bits per heavy atom. The fourth-order valence-corrected chi connectivity index (χ4v) is 1.74. The van der Waals surface area contributed by atoms with Crippen molar-refractivity contribution in [2.45, 2.75) is 58.6 Å². The molecule has 0 aromatic carbocycles. The lowest BCUT2D eigenvalue weighted by Crippen LogP contribution is -2.50. The van der Waals surface area contributed by atoms with E-state index in [0.717, 1.165) is 13.1 Å². The van der Waals surface area contributed by atoms with Crippen LogP contribution in [0.2, 0.25) is 0 Å². The molecule has 0 saturated carbocycles. The number of nitrogens with one attached hydrogen (secondary N) is 1. The summed E-state index contributed by atoms with van der Waals surface area (Å²) in [6.45, 7) is 9.55. The number of hydrogen-bond donors (Lipinski definition) is 1. The van der Waals surface area contributed by atoms with Gasteiger partial charge in [-0.3, -0.25) is 4.79 Å². The molecule has 1 aliphatic rings. The number of ether oxygens (including phenoxy) is 1. The van der Waals surface area contributed by atoms with Crippen LogP contribution in [0.3, 0.4) is 0 Å². The van der Waals surface area contributed by atoms with Crippen LogP contribution in [0.5, 0.6) is 0 Å². The molecule has 1 unspecified atom stereocenters. The Labute approximate surface area is 98.3 Å². The maximum Gasteiger partial charge on any atom is 0.324 e. The smallest absolute Gasteiger partial charge is 0.324 e. The minimum absolute atomic E-state index is 0.182. The van der Waals surface area contributed by atoms with Gasteiger partial charge < -0.3 is 4.74 Å². The number of hydrazine groups is 1. The van der Waals surface area contributed by atoms with Crippen LogP contribution in [0.15, 0.2) is 0 Å². The van der Waals surface area contributed by atoms with Gasteiger partial charge >= 0.3 is 5.97 Å². The van der Waals surface area contributed by atoms with Crippen molar-refractivity contribution >= 4 is 5.97 Å². The van der Waals surface area contributed by atoms with Crippen molar-refractivity contribution in [2.24, 2.45) is 0 Å². The molecule has 1 N–H and O–H groups in total. The van der Waals surface area contributed by atoms with Crippen molar-refractivity contribution in [3.05, 3.63) is 0 Å². The van der Waals surface area contributed by atoms with E-state index >= 15 is 0 Å². The molecular weight excluding hydrogens is 204 g/mol. The van der Waals surface area contributed by atoms with Gasteiger partial charge in [-0.25, -0.2) is 10.4 Å². The largest absolute Gasteiger partial charge is 0.459 e. The molecule has 1 fully saturated rings. The minimum atomic E-state index is -0.408. The van der Waals surface area contributed by atoms with E-state index in [1.54, 1.807) is 0 Å². The van der Waals surface area contributed by atoms with Crippen molar-refractivity contribution in [3.8, 4) is 0 Å². The zero-order valence-electron chi connectivity index (χ0n) is 10.9. The van der Waals surface area contributed by atoms with Crippen molar-refractivity contribution in [1.82, 2.24) is 10.4 Å². The van der Waals surface area contributed by atoms with Gasteiger partial charge in [-0.2, -0.15) is 0 Å². The molecule has 0 radical (unpaired) electrons. The predicted molar refractivity (Wildman–Crippen MR) is 63.9 cm³/mol. The van der Waals surface area contributed by atoms with Gasteiger partial charge in [0.25, 0.3) is 0 Å².